The van der Waals surface area contributed by atoms with E-state index in [1.165, 1.54) is 0 Å². The first-order valence-electron chi connectivity index (χ1n) is 3.66. The topological polar surface area (TPSA) is 61.3 Å². The minimum absolute atomic E-state index is 0. The lowest BCUT2D eigenvalue weighted by Crippen LogP contribution is -2.04. The molecule has 0 unspecified atom stereocenters. The van der Waals surface area contributed by atoms with Crippen molar-refractivity contribution < 1.29 is 9.53 Å². The zero-order valence-electron chi connectivity index (χ0n) is 7.42. The van der Waals surface area contributed by atoms with Crippen molar-refractivity contribution in [1.82, 2.24) is 6.15 Å². The molecule has 0 aliphatic heterocycles. The molecule has 0 radical (unpaired) electrons. The van der Waals surface area contributed by atoms with Crippen LogP contribution < -0.4 is 6.15 Å². The van der Waals surface area contributed by atoms with E-state index < -0.39 is 0 Å². The van der Waals surface area contributed by atoms with Crippen molar-refractivity contribution in [2.24, 2.45) is 0 Å². The van der Waals surface area contributed by atoms with Gasteiger partial charge in [0.05, 0.1) is 12.2 Å². The van der Waals surface area contributed by atoms with Crippen molar-refractivity contribution in [2.45, 2.75) is 6.92 Å². The zero-order valence-corrected chi connectivity index (χ0v) is 9.58. The second-order valence-corrected chi connectivity index (χ2v) is 3.48. The smallest absolute Gasteiger partial charge is 0.338 e. The molecule has 3 nitrogen and oxygen atoms in total. The Hall–Kier alpha value is -0.620. The van der Waals surface area contributed by atoms with Crippen molar-refractivity contribution in [3.8, 4) is 0 Å². The van der Waals surface area contributed by atoms with Crippen LogP contribution in [-0.2, 0) is 4.74 Å². The van der Waals surface area contributed by atoms with Gasteiger partial charge in [-0.2, -0.15) is 0 Å². The first-order chi connectivity index (χ1) is 5.74. The summed E-state index contributed by atoms with van der Waals surface area (Å²) in [5, 5.41) is 0. The monoisotopic (exact) mass is 293 g/mol. The first-order valence-corrected chi connectivity index (χ1v) is 4.74. The Labute approximate surface area is 91.2 Å². The van der Waals surface area contributed by atoms with E-state index in [-0.39, 0.29) is 12.1 Å². The van der Waals surface area contributed by atoms with Gasteiger partial charge in [-0.25, -0.2) is 4.79 Å². The maximum absolute atomic E-state index is 11.2. The lowest BCUT2D eigenvalue weighted by molar-refractivity contribution is 0.0526. The molecular formula is C9H12INO2. The molecular weight excluding hydrogens is 281 g/mol. The second-order valence-electron chi connectivity index (χ2n) is 2.23. The highest BCUT2D eigenvalue weighted by Crippen LogP contribution is 2.08. The highest BCUT2D eigenvalue weighted by molar-refractivity contribution is 14.1. The van der Waals surface area contributed by atoms with Crippen LogP contribution in [0, 0.1) is 3.57 Å². The average Bonchev–Trinajstić information content (AvgIpc) is 2.05. The number of hydrogen-bond acceptors (Lipinski definition) is 3. The Morgan fingerprint density at radius 3 is 2.77 bits per heavy atom. The average molecular weight is 293 g/mol. The highest BCUT2D eigenvalue weighted by atomic mass is 127. The predicted molar refractivity (Wildman–Crippen MR) is 60.1 cm³/mol. The first kappa shape index (κ1) is 12.4. The second kappa shape index (κ2) is 5.93. The van der Waals surface area contributed by atoms with Crippen molar-refractivity contribution in [3.63, 3.8) is 0 Å². The van der Waals surface area contributed by atoms with Crippen LogP contribution in [0.4, 0.5) is 0 Å². The number of carbonyl (C=O) groups excluding carboxylic acids is 1. The molecule has 13 heavy (non-hydrogen) atoms. The third kappa shape index (κ3) is 3.73. The lowest BCUT2D eigenvalue weighted by atomic mass is 10.2. The minimum Gasteiger partial charge on any atom is -0.462 e. The summed E-state index contributed by atoms with van der Waals surface area (Å²) >= 11 is 2.16. The fourth-order valence-corrected chi connectivity index (χ4v) is 1.37. The van der Waals surface area contributed by atoms with Gasteiger partial charge in [0.2, 0.25) is 0 Å². The third-order valence-corrected chi connectivity index (χ3v) is 2.01. The Morgan fingerprint density at radius 1 is 1.54 bits per heavy atom. The van der Waals surface area contributed by atoms with Gasteiger partial charge in [-0.15, -0.1) is 0 Å². The van der Waals surface area contributed by atoms with E-state index in [1.807, 2.05) is 12.1 Å². The Balaban J connectivity index is 0.00000144. The fourth-order valence-electron chi connectivity index (χ4n) is 0.830. The minimum atomic E-state index is -0.254. The van der Waals surface area contributed by atoms with E-state index in [4.69, 9.17) is 4.74 Å². The van der Waals surface area contributed by atoms with E-state index in [0.717, 1.165) is 3.57 Å². The molecule has 72 valence electrons. The molecule has 1 rings (SSSR count). The molecule has 1 aromatic rings. The molecule has 4 heteroatoms. The van der Waals surface area contributed by atoms with Crippen molar-refractivity contribution >= 4 is 28.6 Å². The van der Waals surface area contributed by atoms with Crippen LogP contribution in [0.5, 0.6) is 0 Å². The maximum Gasteiger partial charge on any atom is 0.338 e. The van der Waals surface area contributed by atoms with Crippen molar-refractivity contribution in [2.75, 3.05) is 6.61 Å². The summed E-state index contributed by atoms with van der Waals surface area (Å²) in [4.78, 5) is 11.2. The Morgan fingerprint density at radius 2 is 2.23 bits per heavy atom. The third-order valence-electron chi connectivity index (χ3n) is 1.34. The van der Waals surface area contributed by atoms with Gasteiger partial charge in [-0.3, -0.25) is 0 Å². The molecule has 0 aliphatic rings. The molecule has 0 heterocycles. The lowest BCUT2D eigenvalue weighted by Gasteiger charge is -2.00. The molecule has 1 aromatic carbocycles. The molecule has 0 fully saturated rings. The van der Waals surface area contributed by atoms with Gasteiger partial charge in [0.1, 0.15) is 0 Å². The number of ether oxygens (including phenoxy) is 1. The fraction of sp³-hybridized carbons (Fsp3) is 0.222. The summed E-state index contributed by atoms with van der Waals surface area (Å²) in [7, 11) is 0. The number of rotatable bonds is 2. The summed E-state index contributed by atoms with van der Waals surface area (Å²) in [6.45, 7) is 2.22. The van der Waals surface area contributed by atoms with Crippen LogP contribution >= 0.6 is 22.6 Å². The quantitative estimate of drug-likeness (QED) is 0.673. The molecule has 0 aliphatic carbocycles. The van der Waals surface area contributed by atoms with Crippen molar-refractivity contribution in [3.05, 3.63) is 33.4 Å². The Kier molecular flexibility index (Phi) is 5.65. The van der Waals surface area contributed by atoms with Crippen LogP contribution in [0.3, 0.4) is 0 Å². The number of esters is 1. The van der Waals surface area contributed by atoms with Gasteiger partial charge in [0, 0.05) is 3.57 Å². The molecule has 3 N–H and O–H groups in total. The van der Waals surface area contributed by atoms with Gasteiger partial charge in [0.25, 0.3) is 0 Å². The van der Waals surface area contributed by atoms with E-state index >= 15 is 0 Å². The van der Waals surface area contributed by atoms with Gasteiger partial charge in [-0.05, 0) is 47.7 Å². The van der Waals surface area contributed by atoms with Crippen LogP contribution in [0.2, 0.25) is 0 Å². The maximum atomic E-state index is 11.2. The number of benzene rings is 1. The molecule has 0 atom stereocenters. The molecule has 0 amide bonds. The Bertz CT molecular complexity index is 289. The zero-order chi connectivity index (χ0) is 8.97. The standard InChI is InChI=1S/C9H9IO2.H3N/c1-2-12-9(11)7-4-3-5-8(10)6-7;/h3-6H,2H2,1H3;1H3. The number of carbonyl (C=O) groups is 1. The van der Waals surface area contributed by atoms with Gasteiger partial charge in [0.15, 0.2) is 0 Å². The molecule has 0 spiro atoms. The van der Waals surface area contributed by atoms with Crippen LogP contribution in [0.15, 0.2) is 24.3 Å². The van der Waals surface area contributed by atoms with E-state index in [0.29, 0.717) is 12.2 Å². The highest BCUT2D eigenvalue weighted by Gasteiger charge is 2.04. The summed E-state index contributed by atoms with van der Waals surface area (Å²) in [6.07, 6.45) is 0. The predicted octanol–water partition coefficient (Wildman–Crippen LogP) is 2.63. The summed E-state index contributed by atoms with van der Waals surface area (Å²) in [5.41, 5.74) is 0.615. The van der Waals surface area contributed by atoms with E-state index in [2.05, 4.69) is 22.6 Å². The molecule has 0 aromatic heterocycles. The van der Waals surface area contributed by atoms with E-state index in [1.54, 1.807) is 19.1 Å². The van der Waals surface area contributed by atoms with Crippen LogP contribution in [-0.4, -0.2) is 12.6 Å². The van der Waals surface area contributed by atoms with E-state index in [9.17, 15) is 4.79 Å². The van der Waals surface area contributed by atoms with Gasteiger partial charge in [-0.1, -0.05) is 6.07 Å². The van der Waals surface area contributed by atoms with Crippen molar-refractivity contribution in [1.29, 1.82) is 0 Å². The molecule has 0 saturated heterocycles. The molecule has 0 saturated carbocycles. The largest absolute Gasteiger partial charge is 0.462 e. The number of hydrogen-bond donors (Lipinski definition) is 1. The van der Waals surface area contributed by atoms with Crippen LogP contribution in [0.25, 0.3) is 0 Å². The summed E-state index contributed by atoms with van der Waals surface area (Å²) in [5.74, 6) is -0.254. The molecule has 0 bridgehead atoms. The van der Waals surface area contributed by atoms with Gasteiger partial charge < -0.3 is 10.9 Å². The number of halogens is 1. The normalized spacial score (nSPS) is 8.77. The summed E-state index contributed by atoms with van der Waals surface area (Å²) < 4.78 is 5.88. The summed E-state index contributed by atoms with van der Waals surface area (Å²) in [6, 6.07) is 7.33. The van der Waals surface area contributed by atoms with Gasteiger partial charge >= 0.3 is 5.97 Å². The SMILES string of the molecule is CCOC(=O)c1cccc(I)c1.N. The van der Waals surface area contributed by atoms with Crippen LogP contribution in [0.1, 0.15) is 17.3 Å².